The maximum atomic E-state index is 14.3. The Bertz CT molecular complexity index is 720. The first-order valence-electron chi connectivity index (χ1n) is 8.98. The molecule has 0 bridgehead atoms. The molecule has 0 heterocycles. The lowest BCUT2D eigenvalue weighted by Gasteiger charge is -2.38. The zero-order valence-corrected chi connectivity index (χ0v) is 17.4. The Morgan fingerprint density at radius 3 is 2.42 bits per heavy atom. The van der Waals surface area contributed by atoms with E-state index in [1.807, 2.05) is 0 Å². The van der Waals surface area contributed by atoms with E-state index < -0.39 is 25.9 Å². The third-order valence-electron chi connectivity index (χ3n) is 5.27. The van der Waals surface area contributed by atoms with Gasteiger partial charge in [-0.2, -0.15) is 0 Å². The monoisotopic (exact) mass is 382 g/mol. The van der Waals surface area contributed by atoms with Gasteiger partial charge < -0.3 is 9.16 Å². The van der Waals surface area contributed by atoms with Gasteiger partial charge in [-0.05, 0) is 49.2 Å². The van der Waals surface area contributed by atoms with Gasteiger partial charge in [-0.3, -0.25) is 0 Å². The fraction of sp³-hybridized carbons (Fsp3) is 0.550. The van der Waals surface area contributed by atoms with Crippen LogP contribution >= 0.6 is 0 Å². The number of ether oxygens (including phenoxy) is 1. The van der Waals surface area contributed by atoms with Gasteiger partial charge in [0.05, 0.1) is 12.7 Å². The van der Waals surface area contributed by atoms with Crippen LogP contribution in [0.4, 0.5) is 8.78 Å². The molecule has 0 N–H and O–H groups in total. The Hall–Kier alpha value is -1.53. The second-order valence-electron chi connectivity index (χ2n) is 8.21. The van der Waals surface area contributed by atoms with Crippen LogP contribution in [0.1, 0.15) is 46.1 Å². The van der Waals surface area contributed by atoms with Crippen LogP contribution in [0.2, 0.25) is 18.1 Å². The number of hydrogen-bond donors (Lipinski definition) is 0. The average molecular weight is 383 g/mol. The van der Waals surface area contributed by atoms with Gasteiger partial charge in [0, 0.05) is 23.6 Å². The van der Waals surface area contributed by atoms with Crippen LogP contribution in [0.5, 0.6) is 0 Å². The minimum absolute atomic E-state index is 0.0287. The first-order valence-corrected chi connectivity index (χ1v) is 11.9. The Morgan fingerprint density at radius 2 is 1.88 bits per heavy atom. The van der Waals surface area contributed by atoms with Crippen molar-refractivity contribution in [1.29, 1.82) is 0 Å². The molecule has 2 rings (SSSR count). The van der Waals surface area contributed by atoms with Crippen molar-refractivity contribution in [3.8, 4) is 0 Å². The molecule has 0 radical (unpaired) electrons. The van der Waals surface area contributed by atoms with E-state index in [4.69, 9.17) is 9.16 Å². The van der Waals surface area contributed by atoms with E-state index in [-0.39, 0.29) is 23.3 Å². The molecule has 3 nitrogen and oxygen atoms in total. The summed E-state index contributed by atoms with van der Waals surface area (Å²) in [5.74, 6) is -1.76. The second kappa shape index (κ2) is 7.60. The van der Waals surface area contributed by atoms with Crippen LogP contribution < -0.4 is 0 Å². The van der Waals surface area contributed by atoms with E-state index in [0.717, 1.165) is 6.07 Å². The predicted octanol–water partition coefficient (Wildman–Crippen LogP) is 5.47. The third-order valence-corrected chi connectivity index (χ3v) is 9.81. The average Bonchev–Trinajstić information content (AvgIpc) is 2.89. The predicted molar refractivity (Wildman–Crippen MR) is 101 cm³/mol. The number of halogens is 2. The van der Waals surface area contributed by atoms with Crippen LogP contribution in [-0.2, 0) is 14.0 Å². The zero-order valence-electron chi connectivity index (χ0n) is 16.4. The normalized spacial score (nSPS) is 18.4. The van der Waals surface area contributed by atoms with Crippen molar-refractivity contribution in [2.75, 3.05) is 6.61 Å². The largest absolute Gasteiger partial charge is 0.463 e. The summed E-state index contributed by atoms with van der Waals surface area (Å²) in [4.78, 5) is 12.4. The molecule has 1 unspecified atom stereocenters. The summed E-state index contributed by atoms with van der Waals surface area (Å²) in [5, 5.41) is 0.0287. The molecule has 1 aliphatic carbocycles. The first kappa shape index (κ1) is 20.8. The number of hydrogen-bond acceptors (Lipinski definition) is 3. The summed E-state index contributed by atoms with van der Waals surface area (Å²) in [6.45, 7) is 12.7. The van der Waals surface area contributed by atoms with Gasteiger partial charge in [0.15, 0.2) is 8.32 Å². The minimum atomic E-state index is -2.04. The van der Waals surface area contributed by atoms with Crippen molar-refractivity contribution in [3.63, 3.8) is 0 Å². The summed E-state index contributed by atoms with van der Waals surface area (Å²) < 4.78 is 39.2. The number of rotatable bonds is 5. The van der Waals surface area contributed by atoms with Crippen LogP contribution in [0.15, 0.2) is 23.8 Å². The summed E-state index contributed by atoms with van der Waals surface area (Å²) in [7, 11) is -2.04. The lowest BCUT2D eigenvalue weighted by molar-refractivity contribution is -0.138. The molecule has 1 atom stereocenters. The van der Waals surface area contributed by atoms with Crippen LogP contribution in [0, 0.1) is 11.6 Å². The molecule has 0 spiro atoms. The van der Waals surface area contributed by atoms with E-state index in [0.29, 0.717) is 24.0 Å². The molecule has 0 amide bonds. The molecule has 6 heteroatoms. The van der Waals surface area contributed by atoms with E-state index in [1.165, 1.54) is 12.1 Å². The lowest BCUT2D eigenvalue weighted by Crippen LogP contribution is -2.43. The van der Waals surface area contributed by atoms with E-state index in [1.54, 1.807) is 6.92 Å². The summed E-state index contributed by atoms with van der Waals surface area (Å²) in [5.41, 5.74) is 1.24. The highest BCUT2D eigenvalue weighted by Gasteiger charge is 2.42. The maximum Gasteiger partial charge on any atom is 0.334 e. The topological polar surface area (TPSA) is 35.5 Å². The standard InChI is InChI=1S/C20H28F2O3Si/c1-7-24-19(23)17-12-14(25-26(5,6)20(2,3)4)11-16(17)15-9-8-13(21)10-18(15)22/h8-10,14H,7,11-12H2,1-6H3. The van der Waals surface area contributed by atoms with Crippen molar-refractivity contribution in [2.24, 2.45) is 0 Å². The third kappa shape index (κ3) is 4.41. The second-order valence-corrected chi connectivity index (χ2v) is 13.0. The van der Waals surface area contributed by atoms with Crippen molar-refractivity contribution in [1.82, 2.24) is 0 Å². The number of esters is 1. The Morgan fingerprint density at radius 1 is 1.23 bits per heavy atom. The Labute approximate surface area is 155 Å². The molecule has 1 aromatic carbocycles. The number of benzene rings is 1. The molecule has 0 saturated carbocycles. The minimum Gasteiger partial charge on any atom is -0.463 e. The molecule has 0 aliphatic heterocycles. The number of carbonyl (C=O) groups is 1. The molecule has 26 heavy (non-hydrogen) atoms. The quantitative estimate of drug-likeness (QED) is 0.501. The van der Waals surface area contributed by atoms with Crippen molar-refractivity contribution < 1.29 is 22.7 Å². The molecule has 144 valence electrons. The molecule has 1 aromatic rings. The van der Waals surface area contributed by atoms with E-state index in [2.05, 4.69) is 33.9 Å². The van der Waals surface area contributed by atoms with E-state index in [9.17, 15) is 13.6 Å². The molecular formula is C20H28F2O3Si. The van der Waals surface area contributed by atoms with Crippen LogP contribution in [0.3, 0.4) is 0 Å². The van der Waals surface area contributed by atoms with Crippen molar-refractivity contribution in [2.45, 2.75) is 64.8 Å². The van der Waals surface area contributed by atoms with Crippen LogP contribution in [-0.4, -0.2) is 27.0 Å². The Balaban J connectivity index is 2.35. The zero-order chi connectivity index (χ0) is 19.7. The SMILES string of the molecule is CCOC(=O)C1=C(c2ccc(F)cc2F)CC(O[Si](C)(C)C(C)(C)C)C1. The lowest BCUT2D eigenvalue weighted by atomic mass is 10.0. The maximum absolute atomic E-state index is 14.3. The van der Waals surface area contributed by atoms with Crippen molar-refractivity contribution >= 4 is 19.9 Å². The van der Waals surface area contributed by atoms with Gasteiger partial charge in [-0.1, -0.05) is 20.8 Å². The number of carbonyl (C=O) groups excluding carboxylic acids is 1. The van der Waals surface area contributed by atoms with Gasteiger partial charge in [0.2, 0.25) is 0 Å². The molecule has 0 aromatic heterocycles. The van der Waals surface area contributed by atoms with Crippen LogP contribution in [0.25, 0.3) is 5.57 Å². The first-order chi connectivity index (χ1) is 12.0. The van der Waals surface area contributed by atoms with E-state index >= 15 is 0 Å². The highest BCUT2D eigenvalue weighted by atomic mass is 28.4. The summed E-state index contributed by atoms with van der Waals surface area (Å²) in [6.07, 6.45) is 0.607. The van der Waals surface area contributed by atoms with Gasteiger partial charge in [0.25, 0.3) is 0 Å². The molecule has 0 saturated heterocycles. The fourth-order valence-electron chi connectivity index (χ4n) is 2.88. The molecular weight excluding hydrogens is 354 g/mol. The van der Waals surface area contributed by atoms with Gasteiger partial charge in [-0.15, -0.1) is 0 Å². The molecule has 1 aliphatic rings. The molecule has 0 fully saturated rings. The smallest absolute Gasteiger partial charge is 0.334 e. The van der Waals surface area contributed by atoms with Gasteiger partial charge >= 0.3 is 5.97 Å². The van der Waals surface area contributed by atoms with Gasteiger partial charge in [-0.25, -0.2) is 13.6 Å². The fourth-order valence-corrected chi connectivity index (χ4v) is 4.24. The summed E-state index contributed by atoms with van der Waals surface area (Å²) >= 11 is 0. The Kier molecular flexibility index (Phi) is 6.08. The van der Waals surface area contributed by atoms with Crippen molar-refractivity contribution in [3.05, 3.63) is 41.0 Å². The van der Waals surface area contributed by atoms with Gasteiger partial charge in [0.1, 0.15) is 11.6 Å². The highest BCUT2D eigenvalue weighted by Crippen LogP contribution is 2.43. The highest BCUT2D eigenvalue weighted by molar-refractivity contribution is 6.74. The summed E-state index contributed by atoms with van der Waals surface area (Å²) in [6, 6.07) is 3.43.